The minimum atomic E-state index is 0.929. The first kappa shape index (κ1) is 14.6. The molecular weight excluding hydrogens is 330 g/mol. The van der Waals surface area contributed by atoms with Crippen LogP contribution in [0.3, 0.4) is 0 Å². The highest BCUT2D eigenvalue weighted by Crippen LogP contribution is 2.35. The number of rotatable bonds is 1. The molecule has 6 aromatic rings. The van der Waals surface area contributed by atoms with E-state index in [4.69, 9.17) is 4.42 Å². The molecule has 0 radical (unpaired) electrons. The van der Waals surface area contributed by atoms with Gasteiger partial charge in [0, 0.05) is 33.3 Å². The summed E-state index contributed by atoms with van der Waals surface area (Å²) in [7, 11) is 0. The van der Waals surface area contributed by atoms with Crippen molar-refractivity contribution in [3.63, 3.8) is 0 Å². The van der Waals surface area contributed by atoms with Crippen LogP contribution in [0.2, 0.25) is 0 Å². The summed E-state index contributed by atoms with van der Waals surface area (Å²) in [4.78, 5) is 0. The first-order chi connectivity index (χ1) is 13.3. The van der Waals surface area contributed by atoms with E-state index >= 15 is 0 Å². The average molecular weight is 347 g/mol. The molecule has 0 saturated carbocycles. The molecule has 0 aliphatic rings. The predicted molar refractivity (Wildman–Crippen MR) is 113 cm³/mol. The summed E-state index contributed by atoms with van der Waals surface area (Å²) in [5.41, 5.74) is 6.62. The number of furan rings is 1. The van der Waals surface area contributed by atoms with E-state index in [1.165, 1.54) is 38.1 Å². The second-order valence-corrected chi connectivity index (χ2v) is 7.10. The number of hydrogen-bond donors (Lipinski definition) is 0. The van der Waals surface area contributed by atoms with Gasteiger partial charge in [-0.15, -0.1) is 0 Å². The third kappa shape index (κ3) is 1.95. The SMILES string of the molecule is Cc1cccc2c1oc1cc(-n3c4ccccc4c4ccccc43)ccc12. The number of para-hydroxylation sites is 3. The summed E-state index contributed by atoms with van der Waals surface area (Å²) in [5, 5.41) is 4.89. The second-order valence-electron chi connectivity index (χ2n) is 7.10. The molecule has 0 bridgehead atoms. The van der Waals surface area contributed by atoms with Crippen molar-refractivity contribution < 1.29 is 4.42 Å². The molecule has 0 spiro atoms. The molecule has 128 valence electrons. The molecule has 0 aliphatic heterocycles. The molecule has 0 N–H and O–H groups in total. The molecule has 2 nitrogen and oxygen atoms in total. The minimum absolute atomic E-state index is 0.929. The van der Waals surface area contributed by atoms with Gasteiger partial charge in [-0.05, 0) is 36.8 Å². The zero-order valence-corrected chi connectivity index (χ0v) is 14.9. The zero-order valence-electron chi connectivity index (χ0n) is 14.9. The number of fused-ring (bicyclic) bond motifs is 6. The van der Waals surface area contributed by atoms with Crippen molar-refractivity contribution in [1.82, 2.24) is 4.57 Å². The minimum Gasteiger partial charge on any atom is -0.456 e. The maximum atomic E-state index is 6.23. The first-order valence-electron chi connectivity index (χ1n) is 9.22. The Kier molecular flexibility index (Phi) is 2.84. The summed E-state index contributed by atoms with van der Waals surface area (Å²) in [5.74, 6) is 0. The molecule has 0 atom stereocenters. The molecule has 0 fully saturated rings. The highest BCUT2D eigenvalue weighted by molar-refractivity contribution is 6.10. The Bertz CT molecular complexity index is 1430. The van der Waals surface area contributed by atoms with Gasteiger partial charge in [-0.2, -0.15) is 0 Å². The maximum absolute atomic E-state index is 6.23. The molecular formula is C25H17NO. The van der Waals surface area contributed by atoms with Gasteiger partial charge in [0.25, 0.3) is 0 Å². The van der Waals surface area contributed by atoms with Crippen molar-refractivity contribution in [1.29, 1.82) is 0 Å². The van der Waals surface area contributed by atoms with Crippen LogP contribution in [0, 0.1) is 6.92 Å². The van der Waals surface area contributed by atoms with Crippen molar-refractivity contribution in [3.05, 3.63) is 90.5 Å². The topological polar surface area (TPSA) is 18.1 Å². The Hall–Kier alpha value is -3.52. The van der Waals surface area contributed by atoms with Crippen molar-refractivity contribution in [3.8, 4) is 5.69 Å². The van der Waals surface area contributed by atoms with Crippen LogP contribution < -0.4 is 0 Å². The van der Waals surface area contributed by atoms with Gasteiger partial charge in [-0.3, -0.25) is 0 Å². The monoisotopic (exact) mass is 347 g/mol. The molecule has 2 heteroatoms. The van der Waals surface area contributed by atoms with E-state index in [1.54, 1.807) is 0 Å². The fourth-order valence-corrected chi connectivity index (χ4v) is 4.27. The Balaban J connectivity index is 1.72. The molecule has 2 aromatic heterocycles. The van der Waals surface area contributed by atoms with Gasteiger partial charge in [0.1, 0.15) is 11.2 Å². The van der Waals surface area contributed by atoms with Crippen molar-refractivity contribution in [2.75, 3.05) is 0 Å². The molecule has 6 rings (SSSR count). The lowest BCUT2D eigenvalue weighted by Crippen LogP contribution is -1.93. The quantitative estimate of drug-likeness (QED) is 0.313. The van der Waals surface area contributed by atoms with E-state index in [2.05, 4.69) is 96.4 Å². The van der Waals surface area contributed by atoms with Crippen LogP contribution in [0.5, 0.6) is 0 Å². The Labute approximate surface area is 156 Å². The van der Waals surface area contributed by atoms with Gasteiger partial charge in [-0.1, -0.05) is 54.6 Å². The Morgan fingerprint density at radius 3 is 2.04 bits per heavy atom. The lowest BCUT2D eigenvalue weighted by atomic mass is 10.1. The molecule has 27 heavy (non-hydrogen) atoms. The fraction of sp³-hybridized carbons (Fsp3) is 0.0400. The number of aryl methyl sites for hydroxylation is 1. The third-order valence-corrected chi connectivity index (χ3v) is 5.52. The fourth-order valence-electron chi connectivity index (χ4n) is 4.27. The molecule has 2 heterocycles. The van der Waals surface area contributed by atoms with E-state index < -0.39 is 0 Å². The zero-order chi connectivity index (χ0) is 18.0. The van der Waals surface area contributed by atoms with Gasteiger partial charge in [0.05, 0.1) is 11.0 Å². The lowest BCUT2D eigenvalue weighted by Gasteiger charge is -2.07. The number of aromatic nitrogens is 1. The van der Waals surface area contributed by atoms with Gasteiger partial charge in [0.2, 0.25) is 0 Å². The molecule has 0 saturated heterocycles. The van der Waals surface area contributed by atoms with Crippen LogP contribution in [-0.4, -0.2) is 4.57 Å². The number of nitrogens with zero attached hydrogens (tertiary/aromatic N) is 1. The predicted octanol–water partition coefficient (Wildman–Crippen LogP) is 6.99. The second kappa shape index (κ2) is 5.24. The Morgan fingerprint density at radius 1 is 0.630 bits per heavy atom. The smallest absolute Gasteiger partial charge is 0.138 e. The number of hydrogen-bond acceptors (Lipinski definition) is 1. The summed E-state index contributed by atoms with van der Waals surface area (Å²) in [6.07, 6.45) is 0. The van der Waals surface area contributed by atoms with Crippen LogP contribution in [0.1, 0.15) is 5.56 Å². The largest absolute Gasteiger partial charge is 0.456 e. The van der Waals surface area contributed by atoms with Gasteiger partial charge < -0.3 is 8.98 Å². The summed E-state index contributed by atoms with van der Waals surface area (Å²) in [6, 6.07) is 30.0. The van der Waals surface area contributed by atoms with E-state index in [1.807, 2.05) is 0 Å². The van der Waals surface area contributed by atoms with Crippen LogP contribution >= 0.6 is 0 Å². The van der Waals surface area contributed by atoms with Crippen molar-refractivity contribution in [2.24, 2.45) is 0 Å². The van der Waals surface area contributed by atoms with Gasteiger partial charge in [0.15, 0.2) is 0 Å². The van der Waals surface area contributed by atoms with Crippen LogP contribution in [0.25, 0.3) is 49.4 Å². The van der Waals surface area contributed by atoms with Crippen LogP contribution in [-0.2, 0) is 0 Å². The molecule has 4 aromatic carbocycles. The molecule has 0 aliphatic carbocycles. The van der Waals surface area contributed by atoms with Crippen LogP contribution in [0.15, 0.2) is 89.3 Å². The Morgan fingerprint density at radius 2 is 1.30 bits per heavy atom. The normalized spacial score (nSPS) is 11.9. The summed E-state index contributed by atoms with van der Waals surface area (Å²) in [6.45, 7) is 2.10. The third-order valence-electron chi connectivity index (χ3n) is 5.52. The van der Waals surface area contributed by atoms with Crippen LogP contribution in [0.4, 0.5) is 0 Å². The van der Waals surface area contributed by atoms with Gasteiger partial charge in [-0.25, -0.2) is 0 Å². The molecule has 0 unspecified atom stereocenters. The van der Waals surface area contributed by atoms with E-state index in [9.17, 15) is 0 Å². The molecule has 0 amide bonds. The number of benzene rings is 4. The lowest BCUT2D eigenvalue weighted by molar-refractivity contribution is 0.665. The van der Waals surface area contributed by atoms with Gasteiger partial charge >= 0.3 is 0 Å². The van der Waals surface area contributed by atoms with Crippen molar-refractivity contribution >= 4 is 43.7 Å². The average Bonchev–Trinajstić information content (AvgIpc) is 3.24. The first-order valence-corrected chi connectivity index (χ1v) is 9.22. The van der Waals surface area contributed by atoms with E-state index in [0.29, 0.717) is 0 Å². The summed E-state index contributed by atoms with van der Waals surface area (Å²) >= 11 is 0. The van der Waals surface area contributed by atoms with E-state index in [0.717, 1.165) is 16.9 Å². The van der Waals surface area contributed by atoms with Crippen molar-refractivity contribution in [2.45, 2.75) is 6.92 Å². The highest BCUT2D eigenvalue weighted by atomic mass is 16.3. The summed E-state index contributed by atoms with van der Waals surface area (Å²) < 4.78 is 8.56. The highest BCUT2D eigenvalue weighted by Gasteiger charge is 2.14. The van der Waals surface area contributed by atoms with E-state index in [-0.39, 0.29) is 0 Å². The maximum Gasteiger partial charge on any atom is 0.138 e. The standard InChI is InChI=1S/C25H17NO/c1-16-7-6-10-21-20-14-13-17(15-24(20)27-25(16)21)26-22-11-4-2-8-18(22)19-9-3-5-12-23(19)26/h2-15H,1H3.